The van der Waals surface area contributed by atoms with Crippen molar-refractivity contribution in [2.45, 2.75) is 25.5 Å². The van der Waals surface area contributed by atoms with Crippen molar-refractivity contribution in [2.24, 2.45) is 0 Å². The third-order valence-electron chi connectivity index (χ3n) is 3.84. The first-order valence-corrected chi connectivity index (χ1v) is 7.10. The molecule has 0 saturated carbocycles. The zero-order valence-electron chi connectivity index (χ0n) is 12.9. The summed E-state index contributed by atoms with van der Waals surface area (Å²) in [6.45, 7) is 2.61. The summed E-state index contributed by atoms with van der Waals surface area (Å²) in [6, 6.07) is 2.59. The highest BCUT2D eigenvalue weighted by atomic mass is 16.5. The Bertz CT molecular complexity index is 440. The van der Waals surface area contributed by atoms with Gasteiger partial charge in [0.25, 0.3) is 0 Å². The molecular formula is C14H25N5O. The number of hydrogen-bond acceptors (Lipinski definition) is 6. The third kappa shape index (κ3) is 3.58. The molecule has 0 bridgehead atoms. The summed E-state index contributed by atoms with van der Waals surface area (Å²) < 4.78 is 5.13. The third-order valence-corrected chi connectivity index (χ3v) is 3.84. The SMILES string of the molecule is CNc1cc(N(C)CC2CCCN2C)nc(COC)n1. The van der Waals surface area contributed by atoms with Crippen LogP contribution in [0.3, 0.4) is 0 Å². The van der Waals surface area contributed by atoms with Crippen molar-refractivity contribution in [1.82, 2.24) is 14.9 Å². The molecule has 112 valence electrons. The molecule has 1 fully saturated rings. The first-order chi connectivity index (χ1) is 9.63. The van der Waals surface area contributed by atoms with Crippen LogP contribution in [0.4, 0.5) is 11.6 Å². The maximum absolute atomic E-state index is 5.13. The van der Waals surface area contributed by atoms with Crippen LogP contribution in [0.15, 0.2) is 6.07 Å². The second-order valence-corrected chi connectivity index (χ2v) is 5.37. The van der Waals surface area contributed by atoms with Crippen molar-refractivity contribution in [3.63, 3.8) is 0 Å². The van der Waals surface area contributed by atoms with Gasteiger partial charge in [0.15, 0.2) is 5.82 Å². The Balaban J connectivity index is 2.11. The van der Waals surface area contributed by atoms with Gasteiger partial charge >= 0.3 is 0 Å². The highest BCUT2D eigenvalue weighted by Gasteiger charge is 2.22. The monoisotopic (exact) mass is 279 g/mol. The average molecular weight is 279 g/mol. The molecule has 0 radical (unpaired) electrons. The lowest BCUT2D eigenvalue weighted by molar-refractivity contribution is 0.178. The van der Waals surface area contributed by atoms with E-state index in [0.29, 0.717) is 18.5 Å². The molecule has 20 heavy (non-hydrogen) atoms. The number of nitrogens with one attached hydrogen (secondary N) is 1. The van der Waals surface area contributed by atoms with E-state index in [0.717, 1.165) is 18.2 Å². The van der Waals surface area contributed by atoms with Gasteiger partial charge in [-0.05, 0) is 26.4 Å². The van der Waals surface area contributed by atoms with Crippen molar-refractivity contribution >= 4 is 11.6 Å². The fourth-order valence-corrected chi connectivity index (χ4v) is 2.62. The van der Waals surface area contributed by atoms with Gasteiger partial charge in [-0.1, -0.05) is 0 Å². The second-order valence-electron chi connectivity index (χ2n) is 5.37. The van der Waals surface area contributed by atoms with Crippen molar-refractivity contribution in [1.29, 1.82) is 0 Å². The van der Waals surface area contributed by atoms with Gasteiger partial charge in [-0.25, -0.2) is 9.97 Å². The van der Waals surface area contributed by atoms with Gasteiger partial charge in [0.05, 0.1) is 0 Å². The van der Waals surface area contributed by atoms with E-state index in [1.54, 1.807) is 7.11 Å². The van der Waals surface area contributed by atoms with Crippen molar-refractivity contribution in [3.8, 4) is 0 Å². The minimum atomic E-state index is 0.430. The summed E-state index contributed by atoms with van der Waals surface area (Å²) in [5.74, 6) is 2.48. The molecule has 1 saturated heterocycles. The summed E-state index contributed by atoms with van der Waals surface area (Å²) in [5, 5.41) is 3.08. The Morgan fingerprint density at radius 2 is 2.30 bits per heavy atom. The predicted octanol–water partition coefficient (Wildman–Crippen LogP) is 1.20. The van der Waals surface area contributed by atoms with E-state index in [4.69, 9.17) is 4.74 Å². The maximum Gasteiger partial charge on any atom is 0.158 e. The van der Waals surface area contributed by atoms with E-state index in [1.807, 2.05) is 13.1 Å². The number of methoxy groups -OCH3 is 1. The molecule has 1 aromatic rings. The summed E-state index contributed by atoms with van der Waals surface area (Å²) in [7, 11) is 7.81. The second kappa shape index (κ2) is 6.85. The molecule has 6 heteroatoms. The summed E-state index contributed by atoms with van der Waals surface area (Å²) in [6.07, 6.45) is 2.55. The maximum atomic E-state index is 5.13. The molecule has 0 amide bonds. The van der Waals surface area contributed by atoms with E-state index >= 15 is 0 Å². The molecule has 0 aromatic carbocycles. The normalized spacial score (nSPS) is 19.3. The minimum Gasteiger partial charge on any atom is -0.377 e. The largest absolute Gasteiger partial charge is 0.377 e. The van der Waals surface area contributed by atoms with Crippen LogP contribution in [0.25, 0.3) is 0 Å². The zero-order chi connectivity index (χ0) is 14.5. The number of likely N-dealkylation sites (tertiary alicyclic amines) is 1. The summed E-state index contributed by atoms with van der Waals surface area (Å²) in [4.78, 5) is 13.6. The first kappa shape index (κ1) is 15.0. The van der Waals surface area contributed by atoms with Crippen LogP contribution in [0.5, 0.6) is 0 Å². The molecule has 6 nitrogen and oxygen atoms in total. The zero-order valence-corrected chi connectivity index (χ0v) is 12.9. The van der Waals surface area contributed by atoms with Crippen LogP contribution in [0.1, 0.15) is 18.7 Å². The molecule has 1 atom stereocenters. The summed E-state index contributed by atoms with van der Waals surface area (Å²) in [5.41, 5.74) is 0. The van der Waals surface area contributed by atoms with Crippen LogP contribution in [0, 0.1) is 0 Å². The molecule has 1 aromatic heterocycles. The molecule has 1 unspecified atom stereocenters. The topological polar surface area (TPSA) is 53.5 Å². The minimum absolute atomic E-state index is 0.430. The number of aromatic nitrogens is 2. The van der Waals surface area contributed by atoms with Gasteiger partial charge in [-0.3, -0.25) is 0 Å². The number of ether oxygens (including phenoxy) is 1. The highest BCUT2D eigenvalue weighted by Crippen LogP contribution is 2.20. The van der Waals surface area contributed by atoms with Crippen LogP contribution < -0.4 is 10.2 Å². The molecule has 1 aliphatic rings. The smallest absolute Gasteiger partial charge is 0.158 e. The molecule has 0 aliphatic carbocycles. The first-order valence-electron chi connectivity index (χ1n) is 7.10. The van der Waals surface area contributed by atoms with Crippen LogP contribution in [-0.4, -0.2) is 62.3 Å². The van der Waals surface area contributed by atoms with Crippen molar-refractivity contribution < 1.29 is 4.74 Å². The van der Waals surface area contributed by atoms with Crippen molar-refractivity contribution in [2.75, 3.05) is 51.6 Å². The van der Waals surface area contributed by atoms with Gasteiger partial charge in [-0.2, -0.15) is 0 Å². The van der Waals surface area contributed by atoms with Crippen LogP contribution in [0.2, 0.25) is 0 Å². The van der Waals surface area contributed by atoms with Gasteiger partial charge < -0.3 is 19.9 Å². The van der Waals surface area contributed by atoms with Gasteiger partial charge in [-0.15, -0.1) is 0 Å². The average Bonchev–Trinajstić information content (AvgIpc) is 2.84. The molecule has 0 spiro atoms. The lowest BCUT2D eigenvalue weighted by Crippen LogP contribution is -2.37. The molecule has 1 aliphatic heterocycles. The quantitative estimate of drug-likeness (QED) is 0.844. The van der Waals surface area contributed by atoms with Gasteiger partial charge in [0, 0.05) is 39.9 Å². The fraction of sp³-hybridized carbons (Fsp3) is 0.714. The highest BCUT2D eigenvalue weighted by molar-refractivity contribution is 5.48. The molecule has 1 N–H and O–H groups in total. The van der Waals surface area contributed by atoms with E-state index < -0.39 is 0 Å². The number of anilines is 2. The number of rotatable bonds is 6. The molecule has 2 rings (SSSR count). The number of nitrogens with zero attached hydrogens (tertiary/aromatic N) is 4. The Morgan fingerprint density at radius 3 is 2.90 bits per heavy atom. The molecular weight excluding hydrogens is 254 g/mol. The van der Waals surface area contributed by atoms with Crippen LogP contribution in [-0.2, 0) is 11.3 Å². The number of hydrogen-bond donors (Lipinski definition) is 1. The van der Waals surface area contributed by atoms with E-state index in [1.165, 1.54) is 19.4 Å². The van der Waals surface area contributed by atoms with Crippen molar-refractivity contribution in [3.05, 3.63) is 11.9 Å². The Morgan fingerprint density at radius 1 is 1.50 bits per heavy atom. The van der Waals surface area contributed by atoms with Gasteiger partial charge in [0.2, 0.25) is 0 Å². The lowest BCUT2D eigenvalue weighted by atomic mass is 10.2. The van der Waals surface area contributed by atoms with Gasteiger partial charge in [0.1, 0.15) is 18.2 Å². The van der Waals surface area contributed by atoms with E-state index in [-0.39, 0.29) is 0 Å². The Hall–Kier alpha value is -1.40. The number of likely N-dealkylation sites (N-methyl/N-ethyl adjacent to an activating group) is 2. The lowest BCUT2D eigenvalue weighted by Gasteiger charge is -2.27. The van der Waals surface area contributed by atoms with Crippen LogP contribution >= 0.6 is 0 Å². The Kier molecular flexibility index (Phi) is 5.14. The standard InChI is InChI=1S/C14H25N5O/c1-15-12-8-14(17-13(16-12)10-20-4)19(3)9-11-6-5-7-18(11)2/h8,11H,5-7,9-10H2,1-4H3,(H,15,16,17). The predicted molar refractivity (Wildman–Crippen MR) is 81.2 cm³/mol. The molecule has 2 heterocycles. The summed E-state index contributed by atoms with van der Waals surface area (Å²) >= 11 is 0. The fourth-order valence-electron chi connectivity index (χ4n) is 2.62. The Labute approximate surface area is 121 Å². The van der Waals surface area contributed by atoms with E-state index in [9.17, 15) is 0 Å². The van der Waals surface area contributed by atoms with E-state index in [2.05, 4.69) is 39.2 Å².